The van der Waals surface area contributed by atoms with E-state index in [9.17, 15) is 9.90 Å². The number of benzene rings is 3. The maximum absolute atomic E-state index is 12.8. The van der Waals surface area contributed by atoms with Crippen LogP contribution in [0.4, 0.5) is 5.69 Å². The number of phenols is 1. The molecule has 10 heteroatoms. The van der Waals surface area contributed by atoms with Gasteiger partial charge in [0.05, 0.1) is 55.5 Å². The van der Waals surface area contributed by atoms with Crippen molar-refractivity contribution >= 4 is 29.8 Å². The molecule has 0 fully saturated rings. The summed E-state index contributed by atoms with van der Waals surface area (Å²) in [4.78, 5) is 12.8. The van der Waals surface area contributed by atoms with Gasteiger partial charge in [-0.25, -0.2) is 0 Å². The summed E-state index contributed by atoms with van der Waals surface area (Å²) in [7, 11) is 10.6. The maximum atomic E-state index is 12.8. The predicted molar refractivity (Wildman–Crippen MR) is 153 cm³/mol. The van der Waals surface area contributed by atoms with Crippen molar-refractivity contribution in [3.8, 4) is 46.0 Å². The molecule has 0 radical (unpaired) electrons. The summed E-state index contributed by atoms with van der Waals surface area (Å²) in [6.45, 7) is 0. The van der Waals surface area contributed by atoms with Crippen molar-refractivity contribution in [1.29, 1.82) is 0 Å². The van der Waals surface area contributed by atoms with Crippen LogP contribution in [0.25, 0.3) is 18.2 Å². The Hall–Kier alpha value is -4.99. The second kappa shape index (κ2) is 13.7. The van der Waals surface area contributed by atoms with Gasteiger partial charge in [-0.05, 0) is 59.2 Å². The Morgan fingerprint density at radius 1 is 0.575 bits per heavy atom. The van der Waals surface area contributed by atoms with Gasteiger partial charge < -0.3 is 43.6 Å². The summed E-state index contributed by atoms with van der Waals surface area (Å²) in [6.07, 6.45) is 6.51. The average molecular weight is 552 g/mol. The number of methoxy groups -OCH3 is 7. The summed E-state index contributed by atoms with van der Waals surface area (Å²) in [5.74, 6) is 2.39. The van der Waals surface area contributed by atoms with Crippen molar-refractivity contribution in [2.75, 3.05) is 55.1 Å². The fourth-order valence-corrected chi connectivity index (χ4v) is 3.97. The van der Waals surface area contributed by atoms with E-state index in [1.165, 1.54) is 61.9 Å². The van der Waals surface area contributed by atoms with E-state index in [0.29, 0.717) is 45.6 Å². The van der Waals surface area contributed by atoms with E-state index in [1.807, 2.05) is 6.08 Å². The number of nitrogens with one attached hydrogen (secondary N) is 1. The molecule has 0 unspecified atom stereocenters. The monoisotopic (exact) mass is 551 g/mol. The van der Waals surface area contributed by atoms with E-state index >= 15 is 0 Å². The van der Waals surface area contributed by atoms with Crippen molar-refractivity contribution in [3.05, 3.63) is 59.2 Å². The van der Waals surface area contributed by atoms with Crippen LogP contribution in [-0.4, -0.2) is 60.8 Å². The Bertz CT molecular complexity index is 1360. The highest BCUT2D eigenvalue weighted by atomic mass is 16.5. The molecule has 0 atom stereocenters. The van der Waals surface area contributed by atoms with Crippen molar-refractivity contribution in [2.24, 2.45) is 0 Å². The number of hydrogen-bond donors (Lipinski definition) is 2. The molecule has 10 nitrogen and oxygen atoms in total. The van der Waals surface area contributed by atoms with Crippen molar-refractivity contribution in [1.82, 2.24) is 0 Å². The molecule has 0 bridgehead atoms. The standard InChI is InChI=1S/C30H33NO9/c1-34-23-14-19(15-24(35-2)29(23)39-6)9-8-18-12-21(28(38-5)22(32)13-18)31-27(33)11-10-20-16-25(36-3)30(40-7)26(17-20)37-4/h8-17,32H,1-7H3,(H,31,33)/b9-8+,11-10+. The Labute approximate surface area is 233 Å². The Balaban J connectivity index is 1.88. The highest BCUT2D eigenvalue weighted by molar-refractivity contribution is 6.03. The highest BCUT2D eigenvalue weighted by Crippen LogP contribution is 2.40. The molecular weight excluding hydrogens is 518 g/mol. The third-order valence-corrected chi connectivity index (χ3v) is 5.82. The lowest BCUT2D eigenvalue weighted by molar-refractivity contribution is -0.111. The number of aromatic hydroxyl groups is 1. The molecule has 0 saturated carbocycles. The molecule has 3 rings (SSSR count). The molecule has 212 valence electrons. The van der Waals surface area contributed by atoms with E-state index in [1.54, 1.807) is 42.5 Å². The van der Waals surface area contributed by atoms with E-state index < -0.39 is 5.91 Å². The first-order valence-electron chi connectivity index (χ1n) is 12.0. The molecule has 3 aromatic rings. The van der Waals surface area contributed by atoms with Crippen LogP contribution in [-0.2, 0) is 4.79 Å². The van der Waals surface area contributed by atoms with Gasteiger partial charge in [0.15, 0.2) is 34.5 Å². The normalized spacial score (nSPS) is 10.9. The first-order chi connectivity index (χ1) is 19.3. The first kappa shape index (κ1) is 29.6. The molecule has 0 aliphatic carbocycles. The zero-order valence-corrected chi connectivity index (χ0v) is 23.5. The number of anilines is 1. The quantitative estimate of drug-likeness (QED) is 0.229. The molecule has 0 spiro atoms. The lowest BCUT2D eigenvalue weighted by Gasteiger charge is -2.13. The molecule has 0 saturated heterocycles. The zero-order chi connectivity index (χ0) is 29.2. The summed E-state index contributed by atoms with van der Waals surface area (Å²) >= 11 is 0. The minimum absolute atomic E-state index is 0.125. The lowest BCUT2D eigenvalue weighted by Crippen LogP contribution is -2.09. The van der Waals surface area contributed by atoms with E-state index in [-0.39, 0.29) is 17.2 Å². The summed E-state index contributed by atoms with van der Waals surface area (Å²) in [5.41, 5.74) is 2.31. The number of amides is 1. The predicted octanol–water partition coefficient (Wildman–Crippen LogP) is 5.27. The number of carbonyl (C=O) groups is 1. The maximum Gasteiger partial charge on any atom is 0.248 e. The number of rotatable bonds is 12. The molecule has 0 aliphatic rings. The fourth-order valence-electron chi connectivity index (χ4n) is 3.97. The number of phenolic OH excluding ortho intramolecular Hbond substituents is 1. The molecule has 0 aromatic heterocycles. The molecule has 0 aliphatic heterocycles. The van der Waals surface area contributed by atoms with Crippen LogP contribution in [0, 0.1) is 0 Å². The van der Waals surface area contributed by atoms with Crippen molar-refractivity contribution < 1.29 is 43.1 Å². The van der Waals surface area contributed by atoms with Gasteiger partial charge in [-0.15, -0.1) is 0 Å². The first-order valence-corrected chi connectivity index (χ1v) is 12.0. The number of ether oxygens (including phenoxy) is 7. The van der Waals surface area contributed by atoms with Gasteiger partial charge in [-0.1, -0.05) is 12.2 Å². The van der Waals surface area contributed by atoms with Crippen LogP contribution < -0.4 is 38.5 Å². The van der Waals surface area contributed by atoms with E-state index in [0.717, 1.165) is 5.56 Å². The van der Waals surface area contributed by atoms with Crippen LogP contribution in [0.15, 0.2) is 42.5 Å². The van der Waals surface area contributed by atoms with Crippen molar-refractivity contribution in [3.63, 3.8) is 0 Å². The van der Waals surface area contributed by atoms with Gasteiger partial charge >= 0.3 is 0 Å². The fraction of sp³-hybridized carbons (Fsp3) is 0.233. The Morgan fingerprint density at radius 2 is 0.975 bits per heavy atom. The van der Waals surface area contributed by atoms with Crippen LogP contribution in [0.3, 0.4) is 0 Å². The average Bonchev–Trinajstić information content (AvgIpc) is 2.97. The van der Waals surface area contributed by atoms with Gasteiger partial charge in [0.2, 0.25) is 17.4 Å². The van der Waals surface area contributed by atoms with Gasteiger partial charge in [-0.2, -0.15) is 0 Å². The Morgan fingerprint density at radius 3 is 1.38 bits per heavy atom. The van der Waals surface area contributed by atoms with E-state index in [4.69, 9.17) is 33.2 Å². The molecule has 1 amide bonds. The number of carbonyl (C=O) groups excluding carboxylic acids is 1. The summed E-state index contributed by atoms with van der Waals surface area (Å²) in [5, 5.41) is 13.3. The zero-order valence-electron chi connectivity index (χ0n) is 23.5. The minimum atomic E-state index is -0.447. The van der Waals surface area contributed by atoms with Crippen LogP contribution in [0.5, 0.6) is 46.0 Å². The Kier molecular flexibility index (Phi) is 10.1. The van der Waals surface area contributed by atoms with Gasteiger partial charge in [0, 0.05) is 6.08 Å². The van der Waals surface area contributed by atoms with Crippen LogP contribution in [0.1, 0.15) is 16.7 Å². The molecule has 0 heterocycles. The van der Waals surface area contributed by atoms with Crippen LogP contribution >= 0.6 is 0 Å². The molecule has 3 aromatic carbocycles. The van der Waals surface area contributed by atoms with Crippen LogP contribution in [0.2, 0.25) is 0 Å². The highest BCUT2D eigenvalue weighted by Gasteiger charge is 2.15. The third-order valence-electron chi connectivity index (χ3n) is 5.82. The molecule has 2 N–H and O–H groups in total. The second-order valence-electron chi connectivity index (χ2n) is 8.19. The molecular formula is C30H33NO9. The summed E-state index contributed by atoms with van der Waals surface area (Å²) in [6, 6.07) is 10.2. The topological polar surface area (TPSA) is 114 Å². The summed E-state index contributed by atoms with van der Waals surface area (Å²) < 4.78 is 37.6. The minimum Gasteiger partial charge on any atom is -0.504 e. The van der Waals surface area contributed by atoms with Gasteiger partial charge in [0.1, 0.15) is 0 Å². The second-order valence-corrected chi connectivity index (χ2v) is 8.19. The lowest BCUT2D eigenvalue weighted by atomic mass is 10.1. The number of hydrogen-bond acceptors (Lipinski definition) is 9. The van der Waals surface area contributed by atoms with E-state index in [2.05, 4.69) is 5.32 Å². The smallest absolute Gasteiger partial charge is 0.248 e. The largest absolute Gasteiger partial charge is 0.504 e. The molecule has 40 heavy (non-hydrogen) atoms. The third kappa shape index (κ3) is 6.71. The van der Waals surface area contributed by atoms with Crippen molar-refractivity contribution in [2.45, 2.75) is 0 Å². The van der Waals surface area contributed by atoms with Gasteiger partial charge in [0.25, 0.3) is 0 Å². The SMILES string of the molecule is COc1cc(/C=C/C(=O)Nc2cc(/C=C/c3cc(OC)c(OC)c(OC)c3)cc(O)c2OC)cc(OC)c1OC. The van der Waals surface area contributed by atoms with Gasteiger partial charge in [-0.3, -0.25) is 4.79 Å².